The molecule has 0 aliphatic rings. The number of thiazole rings is 1. The van der Waals surface area contributed by atoms with E-state index in [9.17, 15) is 13.2 Å². The quantitative estimate of drug-likeness (QED) is 0.429. The summed E-state index contributed by atoms with van der Waals surface area (Å²) in [6.07, 6.45) is 1.17. The molecule has 0 N–H and O–H groups in total. The predicted molar refractivity (Wildman–Crippen MR) is 123 cm³/mol. The number of ether oxygens (including phenoxy) is 1. The lowest BCUT2D eigenvalue weighted by Gasteiger charge is -2.20. The molecule has 158 valence electrons. The molecule has 1 aromatic heterocycles. The molecular weight excluding hydrogens is 432 g/mol. The Morgan fingerprint density at radius 2 is 1.81 bits per heavy atom. The van der Waals surface area contributed by atoms with Gasteiger partial charge in [0.1, 0.15) is 5.75 Å². The van der Waals surface area contributed by atoms with Crippen LogP contribution in [0.5, 0.6) is 5.75 Å². The van der Waals surface area contributed by atoms with E-state index < -0.39 is 9.84 Å². The summed E-state index contributed by atoms with van der Waals surface area (Å²) in [5, 5.41) is 0.498. The Balaban J connectivity index is 1.79. The van der Waals surface area contributed by atoms with Gasteiger partial charge in [0.15, 0.2) is 15.0 Å². The van der Waals surface area contributed by atoms with Gasteiger partial charge in [0, 0.05) is 11.8 Å². The Bertz CT molecular complexity index is 1350. The zero-order chi connectivity index (χ0) is 22.0. The summed E-state index contributed by atoms with van der Waals surface area (Å²) >= 11 is 1.29. The average molecular weight is 453 g/mol. The summed E-state index contributed by atoms with van der Waals surface area (Å²) in [5.41, 5.74) is 2.07. The first-order chi connectivity index (χ1) is 14.8. The van der Waals surface area contributed by atoms with Crippen LogP contribution >= 0.6 is 11.3 Å². The summed E-state index contributed by atoms with van der Waals surface area (Å²) in [5.74, 6) is 0.373. The van der Waals surface area contributed by atoms with E-state index in [2.05, 4.69) is 4.98 Å². The molecule has 3 aromatic carbocycles. The van der Waals surface area contributed by atoms with Crippen LogP contribution in [0.1, 0.15) is 15.9 Å². The van der Waals surface area contributed by atoms with Crippen LogP contribution in [0.4, 0.5) is 5.13 Å². The molecule has 6 nitrogen and oxygen atoms in total. The summed E-state index contributed by atoms with van der Waals surface area (Å²) in [4.78, 5) is 19.9. The number of sulfone groups is 1. The minimum absolute atomic E-state index is 0.217. The van der Waals surface area contributed by atoms with Crippen molar-refractivity contribution in [2.75, 3.05) is 18.3 Å². The molecule has 8 heteroatoms. The van der Waals surface area contributed by atoms with Gasteiger partial charge in [-0.25, -0.2) is 13.4 Å². The summed E-state index contributed by atoms with van der Waals surface area (Å²) in [6.45, 7) is 0.329. The van der Waals surface area contributed by atoms with Crippen LogP contribution < -0.4 is 9.64 Å². The van der Waals surface area contributed by atoms with E-state index in [4.69, 9.17) is 4.74 Å². The van der Waals surface area contributed by atoms with Crippen LogP contribution in [0.3, 0.4) is 0 Å². The first-order valence-corrected chi connectivity index (χ1v) is 12.2. The Morgan fingerprint density at radius 3 is 2.52 bits per heavy atom. The molecule has 1 heterocycles. The summed E-state index contributed by atoms with van der Waals surface area (Å²) in [6, 6.07) is 21.4. The second-order valence-electron chi connectivity index (χ2n) is 7.01. The summed E-state index contributed by atoms with van der Waals surface area (Å²) in [7, 11) is -1.78. The number of carbonyl (C=O) groups excluding carboxylic acids is 1. The highest BCUT2D eigenvalue weighted by molar-refractivity contribution is 7.90. The van der Waals surface area contributed by atoms with E-state index in [1.807, 2.05) is 30.3 Å². The fourth-order valence-corrected chi connectivity index (χ4v) is 4.87. The first kappa shape index (κ1) is 21.0. The van der Waals surface area contributed by atoms with Gasteiger partial charge in [-0.2, -0.15) is 0 Å². The van der Waals surface area contributed by atoms with E-state index in [1.54, 1.807) is 48.4 Å². The van der Waals surface area contributed by atoms with Crippen molar-refractivity contribution in [3.8, 4) is 5.75 Å². The molecule has 1 amide bonds. The number of rotatable bonds is 6. The zero-order valence-electron chi connectivity index (χ0n) is 17.0. The number of hydrogen-bond acceptors (Lipinski definition) is 6. The second kappa shape index (κ2) is 8.49. The third-order valence-electron chi connectivity index (χ3n) is 4.75. The maximum Gasteiger partial charge on any atom is 0.260 e. The number of benzene rings is 3. The van der Waals surface area contributed by atoms with Gasteiger partial charge in [0.2, 0.25) is 0 Å². The largest absolute Gasteiger partial charge is 0.497 e. The topological polar surface area (TPSA) is 76.6 Å². The lowest BCUT2D eigenvalue weighted by atomic mass is 10.1. The molecule has 0 fully saturated rings. The molecular formula is C23H20N2O4S2. The predicted octanol–water partition coefficient (Wildman–Crippen LogP) is 4.56. The van der Waals surface area contributed by atoms with Crippen molar-refractivity contribution < 1.29 is 17.9 Å². The molecule has 0 spiro atoms. The number of fused-ring (bicyclic) bond motifs is 1. The fraction of sp³-hybridized carbons (Fsp3) is 0.130. The lowest BCUT2D eigenvalue weighted by Crippen LogP contribution is -2.30. The smallest absolute Gasteiger partial charge is 0.260 e. The normalized spacial score (nSPS) is 11.4. The van der Waals surface area contributed by atoms with Gasteiger partial charge in [-0.3, -0.25) is 9.69 Å². The van der Waals surface area contributed by atoms with Crippen molar-refractivity contribution >= 4 is 42.4 Å². The molecule has 0 bridgehead atoms. The number of carbonyl (C=O) groups is 1. The molecule has 0 atom stereocenters. The molecule has 4 aromatic rings. The van der Waals surface area contributed by atoms with Gasteiger partial charge in [0.25, 0.3) is 5.91 Å². The number of hydrogen-bond donors (Lipinski definition) is 0. The minimum atomic E-state index is -3.34. The molecule has 31 heavy (non-hydrogen) atoms. The van der Waals surface area contributed by atoms with Crippen molar-refractivity contribution in [3.05, 3.63) is 83.9 Å². The summed E-state index contributed by atoms with van der Waals surface area (Å²) < 4.78 is 29.8. The monoisotopic (exact) mass is 452 g/mol. The number of anilines is 1. The van der Waals surface area contributed by atoms with Crippen LogP contribution in [-0.4, -0.2) is 32.7 Å². The van der Waals surface area contributed by atoms with Crippen molar-refractivity contribution in [1.82, 2.24) is 4.98 Å². The molecule has 0 aliphatic heterocycles. The number of amides is 1. The minimum Gasteiger partial charge on any atom is -0.497 e. The highest BCUT2D eigenvalue weighted by Crippen LogP contribution is 2.32. The number of nitrogens with zero attached hydrogens (tertiary/aromatic N) is 2. The molecule has 0 radical (unpaired) electrons. The van der Waals surface area contributed by atoms with E-state index in [-0.39, 0.29) is 10.8 Å². The van der Waals surface area contributed by atoms with Gasteiger partial charge in [-0.05, 0) is 42.0 Å². The van der Waals surface area contributed by atoms with Crippen LogP contribution in [0.25, 0.3) is 10.2 Å². The highest BCUT2D eigenvalue weighted by atomic mass is 32.2. The van der Waals surface area contributed by atoms with Crippen molar-refractivity contribution in [2.45, 2.75) is 11.4 Å². The maximum atomic E-state index is 13.5. The van der Waals surface area contributed by atoms with E-state index in [0.717, 1.165) is 5.56 Å². The Kier molecular flexibility index (Phi) is 5.75. The average Bonchev–Trinajstić information content (AvgIpc) is 3.20. The van der Waals surface area contributed by atoms with Crippen LogP contribution in [-0.2, 0) is 16.4 Å². The Morgan fingerprint density at radius 1 is 1.03 bits per heavy atom. The standard InChI is InChI=1S/C23H20N2O4S2/c1-29-18-10-6-9-17(13-18)22(26)25(15-16-7-4-3-5-8-16)23-24-20-12-11-19(31(2,27)28)14-21(20)30-23/h3-14H,15H2,1-2H3. The maximum absolute atomic E-state index is 13.5. The van der Waals surface area contributed by atoms with Crippen molar-refractivity contribution in [3.63, 3.8) is 0 Å². The Labute approximate surface area is 184 Å². The van der Waals surface area contributed by atoms with Gasteiger partial charge >= 0.3 is 0 Å². The van der Waals surface area contributed by atoms with Crippen molar-refractivity contribution in [2.24, 2.45) is 0 Å². The third kappa shape index (κ3) is 4.60. The second-order valence-corrected chi connectivity index (χ2v) is 10.0. The van der Waals surface area contributed by atoms with Gasteiger partial charge in [-0.15, -0.1) is 0 Å². The van der Waals surface area contributed by atoms with Gasteiger partial charge < -0.3 is 4.74 Å². The third-order valence-corrected chi connectivity index (χ3v) is 6.90. The molecule has 0 aliphatic carbocycles. The van der Waals surface area contributed by atoms with Gasteiger partial charge in [-0.1, -0.05) is 47.7 Å². The van der Waals surface area contributed by atoms with Crippen LogP contribution in [0, 0.1) is 0 Å². The zero-order valence-corrected chi connectivity index (χ0v) is 18.6. The van der Waals surface area contributed by atoms with Crippen LogP contribution in [0.2, 0.25) is 0 Å². The Hall–Kier alpha value is -3.23. The molecule has 0 saturated heterocycles. The molecule has 4 rings (SSSR count). The fourth-order valence-electron chi connectivity index (χ4n) is 3.14. The van der Waals surface area contributed by atoms with E-state index in [0.29, 0.717) is 33.2 Å². The van der Waals surface area contributed by atoms with Gasteiger partial charge in [0.05, 0.1) is 28.8 Å². The SMILES string of the molecule is COc1cccc(C(=O)N(Cc2ccccc2)c2nc3ccc(S(C)(=O)=O)cc3s2)c1. The number of methoxy groups -OCH3 is 1. The van der Waals surface area contributed by atoms with Crippen molar-refractivity contribution in [1.29, 1.82) is 0 Å². The van der Waals surface area contributed by atoms with Crippen LogP contribution in [0.15, 0.2) is 77.7 Å². The van der Waals surface area contributed by atoms with E-state index >= 15 is 0 Å². The van der Waals surface area contributed by atoms with E-state index in [1.165, 1.54) is 23.7 Å². The lowest BCUT2D eigenvalue weighted by molar-refractivity contribution is 0.0984. The molecule has 0 unspecified atom stereocenters. The number of aromatic nitrogens is 1. The molecule has 0 saturated carbocycles. The highest BCUT2D eigenvalue weighted by Gasteiger charge is 2.23. The first-order valence-electron chi connectivity index (χ1n) is 9.45.